The van der Waals surface area contributed by atoms with E-state index in [9.17, 15) is 4.79 Å². The van der Waals surface area contributed by atoms with E-state index in [1.54, 1.807) is 6.20 Å². The number of benzene rings is 1. The number of carbonyl (C=O) groups is 1. The summed E-state index contributed by atoms with van der Waals surface area (Å²) in [5, 5.41) is 0.828. The molecule has 0 aliphatic rings. The highest BCUT2D eigenvalue weighted by Gasteiger charge is 2.14. The summed E-state index contributed by atoms with van der Waals surface area (Å²) in [7, 11) is 0. The Hall–Kier alpha value is -2.27. The fourth-order valence-corrected chi connectivity index (χ4v) is 3.45. The van der Waals surface area contributed by atoms with Crippen LogP contribution in [0.4, 0.5) is 0 Å². The Morgan fingerprint density at radius 3 is 2.78 bits per heavy atom. The second kappa shape index (κ2) is 6.46. The number of H-pyrrole nitrogens is 1. The number of nitrogens with zero attached hydrogens (tertiary/aromatic N) is 2. The summed E-state index contributed by atoms with van der Waals surface area (Å²) in [6, 6.07) is 10.1. The number of aryl methyl sites for hydroxylation is 3. The third-order valence-corrected chi connectivity index (χ3v) is 4.64. The van der Waals surface area contributed by atoms with Crippen molar-refractivity contribution in [3.8, 4) is 5.69 Å². The van der Waals surface area contributed by atoms with Gasteiger partial charge in [-0.2, -0.15) is 0 Å². The van der Waals surface area contributed by atoms with E-state index in [0.29, 0.717) is 5.75 Å². The van der Waals surface area contributed by atoms with Crippen LogP contribution in [0.5, 0.6) is 0 Å². The zero-order valence-corrected chi connectivity index (χ0v) is 14.3. The number of aromatic nitrogens is 3. The maximum atomic E-state index is 12.4. The molecule has 4 nitrogen and oxygen atoms in total. The molecule has 0 unspecified atom stereocenters. The Balaban J connectivity index is 1.76. The maximum absolute atomic E-state index is 12.4. The van der Waals surface area contributed by atoms with Crippen LogP contribution >= 0.6 is 11.8 Å². The predicted octanol–water partition coefficient (Wildman–Crippen LogP) is 4.10. The number of thioether (sulfide) groups is 1. The van der Waals surface area contributed by atoms with Crippen molar-refractivity contribution in [2.24, 2.45) is 0 Å². The highest BCUT2D eigenvalue weighted by Crippen LogP contribution is 2.22. The molecule has 0 spiro atoms. The number of imidazole rings is 1. The van der Waals surface area contributed by atoms with E-state index in [1.165, 1.54) is 17.3 Å². The highest BCUT2D eigenvalue weighted by molar-refractivity contribution is 7.99. The monoisotopic (exact) mass is 325 g/mol. The second-order valence-corrected chi connectivity index (χ2v) is 6.56. The van der Waals surface area contributed by atoms with Gasteiger partial charge in [-0.25, -0.2) is 4.98 Å². The minimum atomic E-state index is 0.121. The fraction of sp³-hybridized carbons (Fsp3) is 0.222. The van der Waals surface area contributed by atoms with Gasteiger partial charge in [-0.3, -0.25) is 9.36 Å². The molecule has 0 radical (unpaired) electrons. The average Bonchev–Trinajstić information content (AvgIpc) is 3.11. The van der Waals surface area contributed by atoms with Crippen LogP contribution < -0.4 is 0 Å². The van der Waals surface area contributed by atoms with Crippen LogP contribution in [0.1, 0.15) is 27.3 Å². The van der Waals surface area contributed by atoms with E-state index in [2.05, 4.69) is 29.0 Å². The first-order chi connectivity index (χ1) is 11.0. The molecule has 0 bridgehead atoms. The molecular weight excluding hydrogens is 306 g/mol. The van der Waals surface area contributed by atoms with Crippen molar-refractivity contribution in [1.29, 1.82) is 0 Å². The van der Waals surface area contributed by atoms with Crippen molar-refractivity contribution in [2.75, 3.05) is 5.75 Å². The van der Waals surface area contributed by atoms with E-state index in [4.69, 9.17) is 0 Å². The number of ketones is 1. The third-order valence-electron chi connectivity index (χ3n) is 3.67. The van der Waals surface area contributed by atoms with Crippen LogP contribution in [0.2, 0.25) is 0 Å². The van der Waals surface area contributed by atoms with Gasteiger partial charge in [0.05, 0.1) is 5.75 Å². The number of nitrogens with one attached hydrogen (secondary N) is 1. The minimum absolute atomic E-state index is 0.121. The van der Waals surface area contributed by atoms with E-state index in [-0.39, 0.29) is 5.78 Å². The average molecular weight is 325 g/mol. The number of rotatable bonds is 5. The second-order valence-electron chi connectivity index (χ2n) is 5.62. The summed E-state index contributed by atoms with van der Waals surface area (Å²) in [5.74, 6) is 0.497. The zero-order chi connectivity index (χ0) is 16.4. The Labute approximate surface area is 140 Å². The number of hydrogen-bond donors (Lipinski definition) is 1. The van der Waals surface area contributed by atoms with Gasteiger partial charge in [0.2, 0.25) is 0 Å². The van der Waals surface area contributed by atoms with Gasteiger partial charge in [-0.15, -0.1) is 0 Å². The standard InChI is InChI=1S/C18H19N3OS/c1-12-5-4-6-15(9-12)21-8-7-19-18(21)23-11-17(22)16-10-13(2)20-14(16)3/h4-10,20H,11H2,1-3H3. The van der Waals surface area contributed by atoms with Crippen LogP contribution in [0, 0.1) is 20.8 Å². The number of carbonyl (C=O) groups excluding carboxylic acids is 1. The molecule has 1 aromatic carbocycles. The lowest BCUT2D eigenvalue weighted by Gasteiger charge is -2.08. The lowest BCUT2D eigenvalue weighted by atomic mass is 10.2. The molecule has 0 saturated carbocycles. The van der Waals surface area contributed by atoms with Gasteiger partial charge in [0.25, 0.3) is 0 Å². The van der Waals surface area contributed by atoms with Gasteiger partial charge in [0, 0.05) is 35.0 Å². The molecule has 1 N–H and O–H groups in total. The molecule has 3 rings (SSSR count). The van der Waals surface area contributed by atoms with Crippen molar-refractivity contribution in [2.45, 2.75) is 25.9 Å². The summed E-state index contributed by atoms with van der Waals surface area (Å²) in [6.45, 7) is 5.95. The molecular formula is C18H19N3OS. The lowest BCUT2D eigenvalue weighted by molar-refractivity contribution is 0.102. The maximum Gasteiger partial charge on any atom is 0.174 e. The minimum Gasteiger partial charge on any atom is -0.362 e. The van der Waals surface area contributed by atoms with Crippen molar-refractivity contribution in [1.82, 2.24) is 14.5 Å². The summed E-state index contributed by atoms with van der Waals surface area (Å²) in [6.07, 6.45) is 3.69. The summed E-state index contributed by atoms with van der Waals surface area (Å²) in [5.41, 5.74) is 4.96. The Kier molecular flexibility index (Phi) is 4.39. The quantitative estimate of drug-likeness (QED) is 0.567. The molecule has 0 atom stereocenters. The molecule has 0 saturated heterocycles. The topological polar surface area (TPSA) is 50.7 Å². The highest BCUT2D eigenvalue weighted by atomic mass is 32.2. The largest absolute Gasteiger partial charge is 0.362 e. The molecule has 23 heavy (non-hydrogen) atoms. The van der Waals surface area contributed by atoms with Gasteiger partial charge in [0.15, 0.2) is 10.9 Å². The van der Waals surface area contributed by atoms with E-state index in [0.717, 1.165) is 27.8 Å². The van der Waals surface area contributed by atoms with E-state index in [1.807, 2.05) is 42.8 Å². The van der Waals surface area contributed by atoms with E-state index < -0.39 is 0 Å². The third kappa shape index (κ3) is 3.40. The van der Waals surface area contributed by atoms with Crippen molar-refractivity contribution in [3.05, 3.63) is 65.2 Å². The van der Waals surface area contributed by atoms with Crippen LogP contribution in [0.15, 0.2) is 47.9 Å². The van der Waals surface area contributed by atoms with Gasteiger partial charge in [-0.05, 0) is 44.5 Å². The Morgan fingerprint density at radius 1 is 1.26 bits per heavy atom. The number of hydrogen-bond acceptors (Lipinski definition) is 3. The molecule has 2 heterocycles. The van der Waals surface area contributed by atoms with E-state index >= 15 is 0 Å². The fourth-order valence-electron chi connectivity index (χ4n) is 2.59. The summed E-state index contributed by atoms with van der Waals surface area (Å²) in [4.78, 5) is 20.0. The molecule has 2 aromatic heterocycles. The Bertz CT molecular complexity index is 848. The smallest absolute Gasteiger partial charge is 0.174 e. The number of aromatic amines is 1. The first-order valence-corrected chi connectivity index (χ1v) is 8.46. The van der Waals surface area contributed by atoms with Gasteiger partial charge in [-0.1, -0.05) is 23.9 Å². The SMILES string of the molecule is Cc1cccc(-n2ccnc2SCC(=O)c2cc(C)[nH]c2C)c1. The molecule has 0 aliphatic heterocycles. The molecule has 0 amide bonds. The van der Waals surface area contributed by atoms with Crippen LogP contribution in [-0.2, 0) is 0 Å². The van der Waals surface area contributed by atoms with Crippen molar-refractivity contribution in [3.63, 3.8) is 0 Å². The lowest BCUT2D eigenvalue weighted by Crippen LogP contribution is -2.04. The molecule has 5 heteroatoms. The molecule has 0 aliphatic carbocycles. The van der Waals surface area contributed by atoms with Gasteiger partial charge < -0.3 is 4.98 Å². The first-order valence-electron chi connectivity index (χ1n) is 7.47. The summed E-state index contributed by atoms with van der Waals surface area (Å²) < 4.78 is 2.01. The van der Waals surface area contributed by atoms with Gasteiger partial charge in [0.1, 0.15) is 0 Å². The first kappa shape index (κ1) is 15.6. The normalized spacial score (nSPS) is 10.9. The van der Waals surface area contributed by atoms with Crippen LogP contribution in [0.25, 0.3) is 5.69 Å². The Morgan fingerprint density at radius 2 is 2.09 bits per heavy atom. The summed E-state index contributed by atoms with van der Waals surface area (Å²) >= 11 is 1.46. The predicted molar refractivity (Wildman–Crippen MR) is 93.6 cm³/mol. The van der Waals surface area contributed by atoms with Gasteiger partial charge >= 0.3 is 0 Å². The molecule has 0 fully saturated rings. The van der Waals surface area contributed by atoms with Crippen LogP contribution in [-0.4, -0.2) is 26.1 Å². The van der Waals surface area contributed by atoms with Crippen LogP contribution in [0.3, 0.4) is 0 Å². The number of Topliss-reactive ketones (excluding diaryl/α,β-unsaturated/α-hetero) is 1. The van der Waals surface area contributed by atoms with Crippen molar-refractivity contribution < 1.29 is 4.79 Å². The molecule has 3 aromatic rings. The molecule has 118 valence electrons. The van der Waals surface area contributed by atoms with Crippen molar-refractivity contribution >= 4 is 17.5 Å². The zero-order valence-electron chi connectivity index (χ0n) is 13.5.